The van der Waals surface area contributed by atoms with Gasteiger partial charge in [-0.2, -0.15) is 0 Å². The van der Waals surface area contributed by atoms with E-state index in [-0.39, 0.29) is 17.1 Å². The largest absolute Gasteiger partial charge is 0.504 e. The molecule has 1 aromatic carbocycles. The summed E-state index contributed by atoms with van der Waals surface area (Å²) in [5.41, 5.74) is 6.40. The summed E-state index contributed by atoms with van der Waals surface area (Å²) in [4.78, 5) is 1.89. The van der Waals surface area contributed by atoms with Gasteiger partial charge in [-0.05, 0) is 31.8 Å². The van der Waals surface area contributed by atoms with Gasteiger partial charge in [-0.25, -0.2) is 4.39 Å². The zero-order valence-corrected chi connectivity index (χ0v) is 10.1. The first-order valence-electron chi connectivity index (χ1n) is 5.36. The van der Waals surface area contributed by atoms with Gasteiger partial charge in [-0.1, -0.05) is 5.16 Å². The molecule has 96 valence electrons. The fraction of sp³-hybridized carbons (Fsp3) is 0.250. The van der Waals surface area contributed by atoms with E-state index in [1.165, 1.54) is 12.1 Å². The van der Waals surface area contributed by atoms with Gasteiger partial charge in [0.2, 0.25) is 0 Å². The molecule has 0 saturated heterocycles. The van der Waals surface area contributed by atoms with Crippen LogP contribution in [0.25, 0.3) is 11.3 Å². The van der Waals surface area contributed by atoms with E-state index in [0.29, 0.717) is 6.54 Å². The van der Waals surface area contributed by atoms with Crippen molar-refractivity contribution in [3.63, 3.8) is 0 Å². The molecule has 2 aromatic rings. The maximum Gasteiger partial charge on any atom is 0.172 e. The Hall–Kier alpha value is -2.08. The molecule has 18 heavy (non-hydrogen) atoms. The van der Waals surface area contributed by atoms with E-state index in [9.17, 15) is 9.50 Å². The van der Waals surface area contributed by atoms with Crippen molar-refractivity contribution < 1.29 is 14.0 Å². The predicted molar refractivity (Wildman–Crippen MR) is 65.4 cm³/mol. The normalized spacial score (nSPS) is 11.1. The van der Waals surface area contributed by atoms with E-state index >= 15 is 0 Å². The minimum Gasteiger partial charge on any atom is -0.504 e. The Morgan fingerprint density at radius 1 is 1.39 bits per heavy atom. The van der Waals surface area contributed by atoms with Crippen LogP contribution in [0, 0.1) is 5.82 Å². The van der Waals surface area contributed by atoms with Crippen molar-refractivity contribution in [1.29, 1.82) is 0 Å². The lowest BCUT2D eigenvalue weighted by molar-refractivity contribution is 0.396. The summed E-state index contributed by atoms with van der Waals surface area (Å²) >= 11 is 0. The molecule has 0 aliphatic heterocycles. The molecule has 5 nitrogen and oxygen atoms in total. The summed E-state index contributed by atoms with van der Waals surface area (Å²) in [7, 11) is 3.74. The molecule has 6 heteroatoms. The Morgan fingerprint density at radius 2 is 2.11 bits per heavy atom. The van der Waals surface area contributed by atoms with Crippen LogP contribution in [-0.4, -0.2) is 29.3 Å². The summed E-state index contributed by atoms with van der Waals surface area (Å²) in [6.45, 7) is 0.549. The standard InChI is InChI=1S/C12H14FN3O2/c1-16(2)6-7-3-8(12(17)9(13)4-7)10-5-11(14)15-18-10/h3-5,17H,6H2,1-2H3,(H2,14,15). The molecule has 0 unspecified atom stereocenters. The molecule has 0 atom stereocenters. The first-order chi connectivity index (χ1) is 8.47. The first-order valence-corrected chi connectivity index (χ1v) is 5.36. The molecular weight excluding hydrogens is 237 g/mol. The second-order valence-electron chi connectivity index (χ2n) is 4.33. The van der Waals surface area contributed by atoms with E-state index < -0.39 is 11.6 Å². The lowest BCUT2D eigenvalue weighted by atomic mass is 10.1. The predicted octanol–water partition coefficient (Wildman–Crippen LogP) is 1.83. The van der Waals surface area contributed by atoms with Crippen LogP contribution in [0.1, 0.15) is 5.56 Å². The van der Waals surface area contributed by atoms with Gasteiger partial charge in [0.25, 0.3) is 0 Å². The highest BCUT2D eigenvalue weighted by molar-refractivity contribution is 5.68. The summed E-state index contributed by atoms with van der Waals surface area (Å²) in [6.07, 6.45) is 0. The molecule has 0 radical (unpaired) electrons. The molecule has 0 amide bonds. The monoisotopic (exact) mass is 251 g/mol. The van der Waals surface area contributed by atoms with Crippen LogP contribution in [-0.2, 0) is 6.54 Å². The Labute approximate surface area is 104 Å². The number of hydrogen-bond donors (Lipinski definition) is 2. The quantitative estimate of drug-likeness (QED) is 0.870. The van der Waals surface area contributed by atoms with E-state index in [4.69, 9.17) is 10.3 Å². The summed E-state index contributed by atoms with van der Waals surface area (Å²) in [5.74, 6) is -0.736. The minimum atomic E-state index is -0.695. The second-order valence-corrected chi connectivity index (χ2v) is 4.33. The molecule has 2 rings (SSSR count). The van der Waals surface area contributed by atoms with Crippen LogP contribution in [0.2, 0.25) is 0 Å². The lowest BCUT2D eigenvalue weighted by Crippen LogP contribution is -2.10. The molecule has 1 heterocycles. The molecule has 0 spiro atoms. The molecule has 1 aromatic heterocycles. The summed E-state index contributed by atoms with van der Waals surface area (Å²) in [6, 6.07) is 4.38. The van der Waals surface area contributed by atoms with Gasteiger partial charge in [-0.15, -0.1) is 0 Å². The number of nitrogen functional groups attached to an aromatic ring is 1. The molecule has 3 N–H and O–H groups in total. The van der Waals surface area contributed by atoms with Crippen LogP contribution in [0.4, 0.5) is 10.2 Å². The van der Waals surface area contributed by atoms with E-state index in [1.807, 2.05) is 19.0 Å². The average Bonchev–Trinajstić information content (AvgIpc) is 2.69. The van der Waals surface area contributed by atoms with Crippen molar-refractivity contribution in [3.05, 3.63) is 29.6 Å². The van der Waals surface area contributed by atoms with Crippen molar-refractivity contribution in [2.45, 2.75) is 6.54 Å². The third kappa shape index (κ3) is 2.43. The lowest BCUT2D eigenvalue weighted by Gasteiger charge is -2.11. The molecule has 0 aliphatic rings. The number of rotatable bonds is 3. The Balaban J connectivity index is 2.48. The van der Waals surface area contributed by atoms with Crippen molar-refractivity contribution in [3.8, 4) is 17.1 Å². The van der Waals surface area contributed by atoms with Crippen LogP contribution in [0.3, 0.4) is 0 Å². The molecule has 0 bridgehead atoms. The number of hydrogen-bond acceptors (Lipinski definition) is 5. The highest BCUT2D eigenvalue weighted by atomic mass is 19.1. The van der Waals surface area contributed by atoms with E-state index in [0.717, 1.165) is 5.56 Å². The van der Waals surface area contributed by atoms with Crippen molar-refractivity contribution >= 4 is 5.82 Å². The van der Waals surface area contributed by atoms with Crippen LogP contribution in [0.15, 0.2) is 22.7 Å². The van der Waals surface area contributed by atoms with Crippen molar-refractivity contribution in [2.75, 3.05) is 19.8 Å². The third-order valence-electron chi connectivity index (χ3n) is 2.42. The van der Waals surface area contributed by atoms with E-state index in [2.05, 4.69) is 5.16 Å². The van der Waals surface area contributed by atoms with Gasteiger partial charge in [0, 0.05) is 12.6 Å². The zero-order chi connectivity index (χ0) is 13.3. The van der Waals surface area contributed by atoms with Gasteiger partial charge in [0.1, 0.15) is 0 Å². The Morgan fingerprint density at radius 3 is 2.67 bits per heavy atom. The number of phenolic OH excluding ortho intramolecular Hbond substituents is 1. The highest BCUT2D eigenvalue weighted by Crippen LogP contribution is 2.33. The van der Waals surface area contributed by atoms with Gasteiger partial charge in [0.15, 0.2) is 23.1 Å². The van der Waals surface area contributed by atoms with Gasteiger partial charge in [0.05, 0.1) is 5.56 Å². The van der Waals surface area contributed by atoms with Crippen LogP contribution in [0.5, 0.6) is 5.75 Å². The maximum atomic E-state index is 13.6. The molecule has 0 aliphatic carbocycles. The molecular formula is C12H14FN3O2. The second kappa shape index (κ2) is 4.66. The Kier molecular flexibility index (Phi) is 3.20. The van der Waals surface area contributed by atoms with Crippen molar-refractivity contribution in [1.82, 2.24) is 10.1 Å². The number of anilines is 1. The fourth-order valence-electron chi connectivity index (χ4n) is 1.72. The number of aromatic hydroxyl groups is 1. The zero-order valence-electron chi connectivity index (χ0n) is 10.1. The fourth-order valence-corrected chi connectivity index (χ4v) is 1.72. The van der Waals surface area contributed by atoms with Crippen LogP contribution >= 0.6 is 0 Å². The Bertz CT molecular complexity index is 566. The SMILES string of the molecule is CN(C)Cc1cc(F)c(O)c(-c2cc(N)no2)c1. The van der Waals surface area contributed by atoms with E-state index in [1.54, 1.807) is 6.07 Å². The number of benzene rings is 1. The summed E-state index contributed by atoms with van der Waals surface area (Å²) in [5, 5.41) is 13.2. The first kappa shape index (κ1) is 12.4. The number of aromatic nitrogens is 1. The topological polar surface area (TPSA) is 75.5 Å². The number of nitrogens with zero attached hydrogens (tertiary/aromatic N) is 2. The van der Waals surface area contributed by atoms with Crippen molar-refractivity contribution in [2.24, 2.45) is 0 Å². The number of phenols is 1. The average molecular weight is 251 g/mol. The smallest absolute Gasteiger partial charge is 0.172 e. The van der Waals surface area contributed by atoms with Crippen LogP contribution < -0.4 is 5.73 Å². The number of halogens is 1. The summed E-state index contributed by atoms with van der Waals surface area (Å²) < 4.78 is 18.6. The molecule has 0 saturated carbocycles. The highest BCUT2D eigenvalue weighted by Gasteiger charge is 2.15. The molecule has 0 fully saturated rings. The van der Waals surface area contributed by atoms with Gasteiger partial charge in [-0.3, -0.25) is 0 Å². The van der Waals surface area contributed by atoms with Gasteiger partial charge >= 0.3 is 0 Å². The third-order valence-corrected chi connectivity index (χ3v) is 2.42. The van der Waals surface area contributed by atoms with Gasteiger partial charge < -0.3 is 20.3 Å². The maximum absolute atomic E-state index is 13.6. The number of nitrogens with two attached hydrogens (primary N) is 1. The minimum absolute atomic E-state index is 0.183.